The Hall–Kier alpha value is -2.83. The van der Waals surface area contributed by atoms with Gasteiger partial charge in [0.05, 0.1) is 11.4 Å². The standard InChI is InChI=1S/C21H28N6O/c1-3-19-7-11-26(22-19)15-17-5-9-24(13-17)21(28)25-10-6-18(14-25)16-27-12-8-20(4-2)23-27/h7-8,11-12,15-16H,3-6,9-10,13-14H2,1-2H3. The number of amides is 2. The highest BCUT2D eigenvalue weighted by Gasteiger charge is 2.29. The molecule has 4 heterocycles. The zero-order valence-corrected chi connectivity index (χ0v) is 16.7. The van der Waals surface area contributed by atoms with Gasteiger partial charge in [-0.05, 0) is 49.0 Å². The van der Waals surface area contributed by atoms with Gasteiger partial charge < -0.3 is 9.80 Å². The van der Waals surface area contributed by atoms with E-state index < -0.39 is 0 Å². The van der Waals surface area contributed by atoms with Crippen molar-refractivity contribution < 1.29 is 4.79 Å². The fourth-order valence-corrected chi connectivity index (χ4v) is 3.75. The van der Waals surface area contributed by atoms with Gasteiger partial charge in [-0.25, -0.2) is 14.2 Å². The Morgan fingerprint density at radius 3 is 1.75 bits per heavy atom. The average molecular weight is 380 g/mol. The molecular formula is C21H28N6O. The summed E-state index contributed by atoms with van der Waals surface area (Å²) in [5.74, 6) is 0. The maximum atomic E-state index is 12.9. The third-order valence-electron chi connectivity index (χ3n) is 5.42. The molecule has 2 amide bonds. The molecule has 0 unspecified atom stereocenters. The second-order valence-electron chi connectivity index (χ2n) is 7.48. The van der Waals surface area contributed by atoms with E-state index in [9.17, 15) is 4.79 Å². The summed E-state index contributed by atoms with van der Waals surface area (Å²) in [6.45, 7) is 7.14. The van der Waals surface area contributed by atoms with E-state index in [1.807, 2.05) is 43.7 Å². The van der Waals surface area contributed by atoms with Crippen LogP contribution in [0.15, 0.2) is 35.7 Å². The molecule has 2 aliphatic heterocycles. The molecule has 0 radical (unpaired) electrons. The second kappa shape index (κ2) is 8.04. The van der Waals surface area contributed by atoms with Gasteiger partial charge in [-0.1, -0.05) is 13.8 Å². The number of carbonyl (C=O) groups is 1. The van der Waals surface area contributed by atoms with Crippen molar-refractivity contribution >= 4 is 18.4 Å². The predicted molar refractivity (Wildman–Crippen MR) is 110 cm³/mol. The average Bonchev–Trinajstić information content (AvgIpc) is 3.49. The topological polar surface area (TPSA) is 59.2 Å². The van der Waals surface area contributed by atoms with Gasteiger partial charge in [0, 0.05) is 51.0 Å². The molecule has 2 aliphatic rings. The van der Waals surface area contributed by atoms with E-state index >= 15 is 0 Å². The van der Waals surface area contributed by atoms with Crippen molar-refractivity contribution in [3.63, 3.8) is 0 Å². The number of aryl methyl sites for hydroxylation is 2. The van der Waals surface area contributed by atoms with Crippen LogP contribution >= 0.6 is 0 Å². The van der Waals surface area contributed by atoms with Gasteiger partial charge in [-0.3, -0.25) is 0 Å². The minimum Gasteiger partial charge on any atom is -0.320 e. The molecule has 2 fully saturated rings. The third-order valence-corrected chi connectivity index (χ3v) is 5.42. The first-order valence-corrected chi connectivity index (χ1v) is 10.2. The van der Waals surface area contributed by atoms with Crippen LogP contribution in [0.2, 0.25) is 0 Å². The van der Waals surface area contributed by atoms with Crippen LogP contribution in [0.4, 0.5) is 4.79 Å². The summed E-state index contributed by atoms with van der Waals surface area (Å²) in [5.41, 5.74) is 4.67. The fraction of sp³-hybridized carbons (Fsp3) is 0.476. The second-order valence-corrected chi connectivity index (χ2v) is 7.48. The number of hydrogen-bond acceptors (Lipinski definition) is 3. The van der Waals surface area contributed by atoms with Crippen molar-refractivity contribution in [3.8, 4) is 0 Å². The van der Waals surface area contributed by atoms with Gasteiger partial charge in [0.2, 0.25) is 0 Å². The first-order valence-electron chi connectivity index (χ1n) is 10.2. The zero-order valence-electron chi connectivity index (χ0n) is 16.7. The van der Waals surface area contributed by atoms with Crippen LogP contribution in [0, 0.1) is 0 Å². The summed E-state index contributed by atoms with van der Waals surface area (Å²) < 4.78 is 3.74. The van der Waals surface area contributed by atoms with Gasteiger partial charge in [0.25, 0.3) is 0 Å². The maximum Gasteiger partial charge on any atom is 0.320 e. The van der Waals surface area contributed by atoms with Crippen molar-refractivity contribution in [1.82, 2.24) is 29.4 Å². The molecular weight excluding hydrogens is 352 g/mol. The molecule has 2 saturated heterocycles. The van der Waals surface area contributed by atoms with Crippen molar-refractivity contribution in [2.45, 2.75) is 39.5 Å². The molecule has 4 rings (SSSR count). The minimum absolute atomic E-state index is 0.135. The molecule has 0 aromatic carbocycles. The van der Waals surface area contributed by atoms with E-state index in [4.69, 9.17) is 0 Å². The first-order chi connectivity index (χ1) is 13.6. The highest BCUT2D eigenvalue weighted by molar-refractivity contribution is 5.76. The summed E-state index contributed by atoms with van der Waals surface area (Å²) in [4.78, 5) is 16.8. The SMILES string of the molecule is CCc1ccn(C=C2CCN(C(=O)N3CCC(=Cn4ccc(CC)n4)C3)C2)n1. The molecule has 0 N–H and O–H groups in total. The number of urea groups is 1. The van der Waals surface area contributed by atoms with Crippen molar-refractivity contribution in [3.05, 3.63) is 47.1 Å². The van der Waals surface area contributed by atoms with Gasteiger partial charge in [-0.2, -0.15) is 10.2 Å². The Morgan fingerprint density at radius 1 is 0.893 bits per heavy atom. The number of carbonyl (C=O) groups excluding carboxylic acids is 1. The van der Waals surface area contributed by atoms with Gasteiger partial charge in [0.15, 0.2) is 0 Å². The molecule has 7 nitrogen and oxygen atoms in total. The van der Waals surface area contributed by atoms with Crippen LogP contribution in [-0.2, 0) is 12.8 Å². The Morgan fingerprint density at radius 2 is 1.36 bits per heavy atom. The number of nitrogens with zero attached hydrogens (tertiary/aromatic N) is 6. The zero-order chi connectivity index (χ0) is 19.5. The van der Waals surface area contributed by atoms with Crippen LogP contribution in [0.25, 0.3) is 12.4 Å². The third kappa shape index (κ3) is 4.03. The van der Waals surface area contributed by atoms with Gasteiger partial charge >= 0.3 is 6.03 Å². The Bertz CT molecular complexity index is 833. The van der Waals surface area contributed by atoms with Crippen LogP contribution in [-0.4, -0.2) is 61.6 Å². The Labute approximate surface area is 165 Å². The van der Waals surface area contributed by atoms with E-state index in [0.717, 1.165) is 50.2 Å². The largest absolute Gasteiger partial charge is 0.320 e. The molecule has 28 heavy (non-hydrogen) atoms. The lowest BCUT2D eigenvalue weighted by molar-refractivity contribution is 0.175. The normalized spacial score (nSPS) is 20.1. The summed E-state index contributed by atoms with van der Waals surface area (Å²) >= 11 is 0. The molecule has 0 atom stereocenters. The lowest BCUT2D eigenvalue weighted by Gasteiger charge is -2.23. The summed E-state index contributed by atoms with van der Waals surface area (Å²) in [7, 11) is 0. The highest BCUT2D eigenvalue weighted by Crippen LogP contribution is 2.22. The minimum atomic E-state index is 0.135. The maximum absolute atomic E-state index is 12.9. The van der Waals surface area contributed by atoms with Crippen molar-refractivity contribution in [2.24, 2.45) is 0 Å². The van der Waals surface area contributed by atoms with Crippen LogP contribution in [0.1, 0.15) is 38.1 Å². The molecule has 2 aromatic heterocycles. The van der Waals surface area contributed by atoms with E-state index in [1.165, 1.54) is 11.1 Å². The summed E-state index contributed by atoms with van der Waals surface area (Å²) in [6.07, 6.45) is 11.8. The predicted octanol–water partition coefficient (Wildman–Crippen LogP) is 3.12. The van der Waals surface area contributed by atoms with Crippen molar-refractivity contribution in [1.29, 1.82) is 0 Å². The van der Waals surface area contributed by atoms with Gasteiger partial charge in [0.1, 0.15) is 0 Å². The molecule has 0 aliphatic carbocycles. The molecule has 7 heteroatoms. The van der Waals surface area contributed by atoms with E-state index in [0.29, 0.717) is 13.1 Å². The number of rotatable bonds is 4. The van der Waals surface area contributed by atoms with Crippen molar-refractivity contribution in [2.75, 3.05) is 26.2 Å². The number of aromatic nitrogens is 4. The summed E-state index contributed by atoms with van der Waals surface area (Å²) in [5, 5.41) is 9.02. The molecule has 2 aromatic rings. The van der Waals surface area contributed by atoms with Crippen LogP contribution in [0.3, 0.4) is 0 Å². The van der Waals surface area contributed by atoms with E-state index in [-0.39, 0.29) is 6.03 Å². The van der Waals surface area contributed by atoms with Crippen LogP contribution < -0.4 is 0 Å². The Balaban J connectivity index is 1.35. The summed E-state index contributed by atoms with van der Waals surface area (Å²) in [6, 6.07) is 4.21. The molecule has 148 valence electrons. The highest BCUT2D eigenvalue weighted by atomic mass is 16.2. The van der Waals surface area contributed by atoms with E-state index in [2.05, 4.69) is 36.4 Å². The smallest absolute Gasteiger partial charge is 0.320 e. The molecule has 0 bridgehead atoms. The number of hydrogen-bond donors (Lipinski definition) is 0. The van der Waals surface area contributed by atoms with Crippen LogP contribution in [0.5, 0.6) is 0 Å². The monoisotopic (exact) mass is 380 g/mol. The lowest BCUT2D eigenvalue weighted by Crippen LogP contribution is -2.40. The van der Waals surface area contributed by atoms with E-state index in [1.54, 1.807) is 0 Å². The quantitative estimate of drug-likeness (QED) is 0.819. The molecule has 0 spiro atoms. The molecule has 0 saturated carbocycles. The lowest BCUT2D eigenvalue weighted by atomic mass is 10.3. The Kier molecular flexibility index (Phi) is 5.32. The first kappa shape index (κ1) is 18.5. The fourth-order valence-electron chi connectivity index (χ4n) is 3.75. The van der Waals surface area contributed by atoms with Gasteiger partial charge in [-0.15, -0.1) is 0 Å². The number of likely N-dealkylation sites (tertiary alicyclic amines) is 2.